The second-order valence-electron chi connectivity index (χ2n) is 4.00. The molecule has 0 atom stereocenters. The van der Waals surface area contributed by atoms with Gasteiger partial charge in [0.15, 0.2) is 0 Å². The van der Waals surface area contributed by atoms with Gasteiger partial charge in [-0.1, -0.05) is 35.3 Å². The van der Waals surface area contributed by atoms with Gasteiger partial charge in [-0.3, -0.25) is 4.55 Å². The molecule has 0 aliphatic heterocycles. The third kappa shape index (κ3) is 3.22. The van der Waals surface area contributed by atoms with Crippen LogP contribution >= 0.6 is 23.2 Å². The highest BCUT2D eigenvalue weighted by Crippen LogP contribution is 2.34. The Kier molecular flexibility index (Phi) is 4.32. The summed E-state index contributed by atoms with van der Waals surface area (Å²) in [5.41, 5.74) is 0. The summed E-state index contributed by atoms with van der Waals surface area (Å²) in [5, 5.41) is -0.167. The molecule has 0 heterocycles. The highest BCUT2D eigenvalue weighted by molar-refractivity contribution is 7.91. The van der Waals surface area contributed by atoms with Crippen LogP contribution in [0.3, 0.4) is 0 Å². The number of halogens is 2. The van der Waals surface area contributed by atoms with Crippen molar-refractivity contribution in [3.63, 3.8) is 0 Å². The average molecular weight is 367 g/mol. The van der Waals surface area contributed by atoms with E-state index in [1.807, 2.05) is 0 Å². The Hall–Kier alpha value is -1.12. The van der Waals surface area contributed by atoms with E-state index in [1.165, 1.54) is 30.3 Å². The van der Waals surface area contributed by atoms with Gasteiger partial charge in [0.2, 0.25) is 9.84 Å². The SMILES string of the molecule is O=S(=O)(O)c1cccc(S(=O)(=O)c2c(Cl)cccc2Cl)c1. The standard InChI is InChI=1S/C12H8Cl2O5S2/c13-10-5-2-6-11(14)12(10)20(15,16)8-3-1-4-9(7-8)21(17,18)19/h1-7H,(H,17,18,19). The predicted molar refractivity (Wildman–Crippen MR) is 78.2 cm³/mol. The summed E-state index contributed by atoms with van der Waals surface area (Å²) in [6.07, 6.45) is 0. The summed E-state index contributed by atoms with van der Waals surface area (Å²) in [7, 11) is -8.64. The molecule has 0 bridgehead atoms. The van der Waals surface area contributed by atoms with Crippen molar-refractivity contribution in [1.29, 1.82) is 0 Å². The van der Waals surface area contributed by atoms with Crippen LogP contribution in [0.2, 0.25) is 10.0 Å². The maximum absolute atomic E-state index is 12.5. The highest BCUT2D eigenvalue weighted by atomic mass is 35.5. The number of hydrogen-bond donors (Lipinski definition) is 1. The third-order valence-electron chi connectivity index (χ3n) is 2.60. The topological polar surface area (TPSA) is 88.5 Å². The monoisotopic (exact) mass is 366 g/mol. The minimum Gasteiger partial charge on any atom is -0.282 e. The van der Waals surface area contributed by atoms with Crippen LogP contribution in [0.15, 0.2) is 57.2 Å². The van der Waals surface area contributed by atoms with E-state index in [4.69, 9.17) is 27.8 Å². The summed E-state index contributed by atoms with van der Waals surface area (Å²) in [4.78, 5) is -1.19. The molecule has 9 heteroatoms. The molecule has 2 aromatic rings. The smallest absolute Gasteiger partial charge is 0.282 e. The molecule has 21 heavy (non-hydrogen) atoms. The zero-order valence-corrected chi connectivity index (χ0v) is 13.3. The van der Waals surface area contributed by atoms with Crippen molar-refractivity contribution in [2.45, 2.75) is 14.7 Å². The van der Waals surface area contributed by atoms with Crippen LogP contribution in [0.1, 0.15) is 0 Å². The molecule has 0 spiro atoms. The van der Waals surface area contributed by atoms with E-state index >= 15 is 0 Å². The van der Waals surface area contributed by atoms with Crippen molar-refractivity contribution in [3.8, 4) is 0 Å². The lowest BCUT2D eigenvalue weighted by Gasteiger charge is -2.09. The van der Waals surface area contributed by atoms with Crippen molar-refractivity contribution in [2.75, 3.05) is 0 Å². The highest BCUT2D eigenvalue weighted by Gasteiger charge is 2.25. The summed E-state index contributed by atoms with van der Waals surface area (Å²) in [6, 6.07) is 8.48. The van der Waals surface area contributed by atoms with E-state index in [2.05, 4.69) is 0 Å². The van der Waals surface area contributed by atoms with Gasteiger partial charge in [0, 0.05) is 0 Å². The summed E-state index contributed by atoms with van der Waals surface area (Å²) in [6.45, 7) is 0. The fraction of sp³-hybridized carbons (Fsp3) is 0. The quantitative estimate of drug-likeness (QED) is 0.843. The van der Waals surface area contributed by atoms with Crippen LogP contribution in [0, 0.1) is 0 Å². The van der Waals surface area contributed by atoms with E-state index in [0.717, 1.165) is 12.1 Å². The molecule has 0 amide bonds. The average Bonchev–Trinajstić information content (AvgIpc) is 2.37. The second-order valence-corrected chi connectivity index (χ2v) is 8.13. The number of benzene rings is 2. The molecule has 0 fully saturated rings. The van der Waals surface area contributed by atoms with Crippen molar-refractivity contribution in [3.05, 3.63) is 52.5 Å². The molecule has 5 nitrogen and oxygen atoms in total. The van der Waals surface area contributed by atoms with E-state index < -0.39 is 24.9 Å². The minimum absolute atomic E-state index is 0.0836. The lowest BCUT2D eigenvalue weighted by atomic mass is 10.4. The van der Waals surface area contributed by atoms with Gasteiger partial charge < -0.3 is 0 Å². The molecule has 0 saturated heterocycles. The Morgan fingerprint density at radius 3 is 1.81 bits per heavy atom. The van der Waals surface area contributed by atoms with E-state index in [9.17, 15) is 16.8 Å². The number of rotatable bonds is 3. The van der Waals surface area contributed by atoms with Crippen LogP contribution in [0.5, 0.6) is 0 Å². The molecule has 0 aliphatic rings. The first kappa shape index (κ1) is 16.3. The van der Waals surface area contributed by atoms with Gasteiger partial charge in [0.1, 0.15) is 4.90 Å². The van der Waals surface area contributed by atoms with Crippen molar-refractivity contribution < 1.29 is 21.4 Å². The Labute approximate surface area is 131 Å². The van der Waals surface area contributed by atoms with Gasteiger partial charge in [-0.15, -0.1) is 0 Å². The molecule has 0 saturated carbocycles. The van der Waals surface area contributed by atoms with Crippen LogP contribution in [-0.2, 0) is 20.0 Å². The number of hydrogen-bond acceptors (Lipinski definition) is 4. The van der Waals surface area contributed by atoms with Gasteiger partial charge in [0.25, 0.3) is 10.1 Å². The fourth-order valence-corrected chi connectivity index (χ4v) is 4.69. The minimum atomic E-state index is -4.52. The third-order valence-corrected chi connectivity index (χ3v) is 6.16. The van der Waals surface area contributed by atoms with Gasteiger partial charge in [-0.25, -0.2) is 8.42 Å². The van der Waals surface area contributed by atoms with Crippen LogP contribution in [0.25, 0.3) is 0 Å². The lowest BCUT2D eigenvalue weighted by Crippen LogP contribution is -2.06. The van der Waals surface area contributed by atoms with Gasteiger partial charge in [0.05, 0.1) is 19.8 Å². The first-order valence-electron chi connectivity index (χ1n) is 5.40. The van der Waals surface area contributed by atoms with Gasteiger partial charge in [-0.05, 0) is 30.3 Å². The Bertz CT molecular complexity index is 885. The van der Waals surface area contributed by atoms with E-state index in [-0.39, 0.29) is 19.8 Å². The number of sulfone groups is 1. The molecular formula is C12H8Cl2O5S2. The maximum atomic E-state index is 12.5. The summed E-state index contributed by atoms with van der Waals surface area (Å²) < 4.78 is 56.2. The Balaban J connectivity index is 2.72. The molecule has 112 valence electrons. The largest absolute Gasteiger partial charge is 0.294 e. The van der Waals surface area contributed by atoms with E-state index in [1.54, 1.807) is 0 Å². The molecule has 0 aromatic heterocycles. The predicted octanol–water partition coefficient (Wildman–Crippen LogP) is 3.07. The molecule has 0 radical (unpaired) electrons. The Morgan fingerprint density at radius 2 is 1.29 bits per heavy atom. The maximum Gasteiger partial charge on any atom is 0.294 e. The van der Waals surface area contributed by atoms with Crippen LogP contribution in [-0.4, -0.2) is 21.4 Å². The zero-order valence-electron chi connectivity index (χ0n) is 10.2. The fourth-order valence-electron chi connectivity index (χ4n) is 1.66. The summed E-state index contributed by atoms with van der Waals surface area (Å²) in [5.74, 6) is 0. The first-order valence-corrected chi connectivity index (χ1v) is 9.08. The van der Waals surface area contributed by atoms with Gasteiger partial charge >= 0.3 is 0 Å². The first-order chi connectivity index (χ1) is 9.64. The normalized spacial score (nSPS) is 12.3. The van der Waals surface area contributed by atoms with Crippen molar-refractivity contribution >= 4 is 43.2 Å². The van der Waals surface area contributed by atoms with Crippen molar-refractivity contribution in [1.82, 2.24) is 0 Å². The molecule has 1 N–H and O–H groups in total. The zero-order chi connectivity index (χ0) is 15.8. The summed E-state index contributed by atoms with van der Waals surface area (Å²) >= 11 is 11.7. The van der Waals surface area contributed by atoms with Crippen LogP contribution < -0.4 is 0 Å². The molecule has 0 unspecified atom stereocenters. The van der Waals surface area contributed by atoms with Gasteiger partial charge in [-0.2, -0.15) is 8.42 Å². The molecule has 2 rings (SSSR count). The Morgan fingerprint density at radius 1 is 0.810 bits per heavy atom. The second kappa shape index (κ2) is 5.58. The molecule has 0 aliphatic carbocycles. The molecule has 2 aromatic carbocycles. The molecular weight excluding hydrogens is 359 g/mol. The lowest BCUT2D eigenvalue weighted by molar-refractivity contribution is 0.483. The van der Waals surface area contributed by atoms with E-state index in [0.29, 0.717) is 0 Å². The van der Waals surface area contributed by atoms with Crippen LogP contribution in [0.4, 0.5) is 0 Å². The van der Waals surface area contributed by atoms with Crippen molar-refractivity contribution in [2.24, 2.45) is 0 Å².